The number of aliphatic hydroxyl groups excluding tert-OH is 4. The molecule has 1 aromatic heterocycles. The van der Waals surface area contributed by atoms with E-state index < -0.39 is 42.9 Å². The summed E-state index contributed by atoms with van der Waals surface area (Å²) >= 11 is 0. The summed E-state index contributed by atoms with van der Waals surface area (Å²) < 4.78 is 6.46. The molecule has 1 saturated heterocycles. The van der Waals surface area contributed by atoms with Crippen molar-refractivity contribution in [2.45, 2.75) is 37.1 Å². The lowest BCUT2D eigenvalue weighted by molar-refractivity contribution is -0.132. The molecule has 2 rings (SSSR count). The smallest absolute Gasteiger partial charge is 0.351 e. The van der Waals surface area contributed by atoms with E-state index in [9.17, 15) is 20.1 Å². The van der Waals surface area contributed by atoms with E-state index in [1.54, 1.807) is 0 Å². The Morgan fingerprint density at radius 2 is 2.10 bits per heavy atom. The van der Waals surface area contributed by atoms with Crippen molar-refractivity contribution in [2.75, 3.05) is 12.3 Å². The largest absolute Gasteiger partial charge is 0.394 e. The molecule has 1 aromatic rings. The van der Waals surface area contributed by atoms with Gasteiger partial charge in [-0.05, 0) is 6.07 Å². The first-order valence-corrected chi connectivity index (χ1v) is 6.09. The second-order valence-corrected chi connectivity index (χ2v) is 4.64. The van der Waals surface area contributed by atoms with Crippen molar-refractivity contribution in [3.8, 4) is 0 Å². The maximum absolute atomic E-state index is 11.7. The highest BCUT2D eigenvalue weighted by Gasteiger charge is 2.39. The van der Waals surface area contributed by atoms with E-state index in [0.29, 0.717) is 0 Å². The Hall–Kier alpha value is -1.52. The minimum atomic E-state index is -1.48. The number of aliphatic hydroxyl groups is 4. The molecule has 2 heterocycles. The van der Waals surface area contributed by atoms with Crippen molar-refractivity contribution in [1.82, 2.24) is 9.55 Å². The Bertz CT molecular complexity index is 521. The second kappa shape index (κ2) is 5.85. The lowest BCUT2D eigenvalue weighted by atomic mass is 10.0. The molecule has 0 unspecified atom stereocenters. The van der Waals surface area contributed by atoms with Gasteiger partial charge < -0.3 is 30.9 Å². The molecule has 1 fully saturated rings. The van der Waals surface area contributed by atoms with Gasteiger partial charge in [0.15, 0.2) is 0 Å². The first-order valence-electron chi connectivity index (χ1n) is 6.09. The molecule has 0 spiro atoms. The number of nitrogens with two attached hydrogens (primary N) is 1. The van der Waals surface area contributed by atoms with Crippen LogP contribution in [0.5, 0.6) is 0 Å². The number of hydrogen-bond donors (Lipinski definition) is 5. The molecule has 1 aliphatic rings. The number of hydrogen-bond acceptors (Lipinski definition) is 8. The van der Waals surface area contributed by atoms with E-state index in [1.165, 1.54) is 12.3 Å². The summed E-state index contributed by atoms with van der Waals surface area (Å²) in [5.41, 5.74) is 4.69. The highest BCUT2D eigenvalue weighted by Crippen LogP contribution is 2.25. The van der Waals surface area contributed by atoms with Gasteiger partial charge in [-0.1, -0.05) is 0 Å². The number of anilines is 1. The van der Waals surface area contributed by atoms with Crippen LogP contribution in [0.25, 0.3) is 0 Å². The first-order chi connectivity index (χ1) is 9.43. The fourth-order valence-corrected chi connectivity index (χ4v) is 2.11. The summed E-state index contributed by atoms with van der Waals surface area (Å²) in [5, 5.41) is 38.4. The van der Waals surface area contributed by atoms with E-state index >= 15 is 0 Å². The Morgan fingerprint density at radius 3 is 2.70 bits per heavy atom. The summed E-state index contributed by atoms with van der Waals surface area (Å²) in [6.07, 6.45) is -5.16. The first kappa shape index (κ1) is 14.9. The quantitative estimate of drug-likeness (QED) is 0.391. The molecular weight excluding hydrogens is 270 g/mol. The minimum Gasteiger partial charge on any atom is -0.394 e. The zero-order valence-corrected chi connectivity index (χ0v) is 10.5. The van der Waals surface area contributed by atoms with Crippen LogP contribution < -0.4 is 11.4 Å². The van der Waals surface area contributed by atoms with E-state index in [-0.39, 0.29) is 12.2 Å². The van der Waals surface area contributed by atoms with Gasteiger partial charge in [0.25, 0.3) is 0 Å². The molecule has 6 N–H and O–H groups in total. The van der Waals surface area contributed by atoms with Crippen molar-refractivity contribution in [2.24, 2.45) is 0 Å². The number of ether oxygens (including phenoxy) is 1. The lowest BCUT2D eigenvalue weighted by Gasteiger charge is -2.24. The van der Waals surface area contributed by atoms with Crippen LogP contribution in [0.1, 0.15) is 12.6 Å². The molecule has 9 heteroatoms. The third kappa shape index (κ3) is 2.81. The Labute approximate surface area is 113 Å². The average molecular weight is 287 g/mol. The van der Waals surface area contributed by atoms with Gasteiger partial charge in [0.05, 0.1) is 12.7 Å². The molecule has 0 bridgehead atoms. The highest BCUT2D eigenvalue weighted by atomic mass is 16.5. The normalized spacial score (nSPS) is 34.7. The molecule has 0 radical (unpaired) electrons. The van der Waals surface area contributed by atoms with Crippen LogP contribution in [0, 0.1) is 0 Å². The fourth-order valence-electron chi connectivity index (χ4n) is 2.11. The van der Waals surface area contributed by atoms with Crippen molar-refractivity contribution in [3.63, 3.8) is 0 Å². The Balaban J connectivity index is 2.33. The summed E-state index contributed by atoms with van der Waals surface area (Å²) in [4.78, 5) is 15.3. The van der Waals surface area contributed by atoms with E-state index in [2.05, 4.69) is 4.98 Å². The molecule has 5 atom stereocenters. The van der Waals surface area contributed by atoms with Gasteiger partial charge in [0.1, 0.15) is 30.4 Å². The zero-order chi connectivity index (χ0) is 14.9. The number of rotatable bonds is 2. The van der Waals surface area contributed by atoms with Gasteiger partial charge in [-0.15, -0.1) is 0 Å². The molecule has 0 aliphatic carbocycles. The van der Waals surface area contributed by atoms with Gasteiger partial charge in [-0.2, -0.15) is 4.98 Å². The SMILES string of the molecule is Nc1ccn([C@H]2C[C@H](O)[C@@H](O)[C@H](O)[C@@H](CO)O2)c(=O)n1. The molecule has 0 saturated carbocycles. The average Bonchev–Trinajstić information content (AvgIpc) is 2.51. The topological polar surface area (TPSA) is 151 Å². The standard InChI is InChI=1S/C11H17N3O6/c12-7-1-2-14(11(19)13-7)8-3-5(16)9(17)10(18)6(4-15)20-8/h1-2,5-6,8-10,15-18H,3-4H2,(H2,12,13,19)/t5-,6+,8+,9+,10+/m0/s1. The fraction of sp³-hybridized carbons (Fsp3) is 0.636. The molecule has 0 aromatic carbocycles. The van der Waals surface area contributed by atoms with Gasteiger partial charge in [-0.25, -0.2) is 4.79 Å². The van der Waals surface area contributed by atoms with Crippen LogP contribution in [0.15, 0.2) is 17.1 Å². The third-order valence-electron chi connectivity index (χ3n) is 3.24. The lowest BCUT2D eigenvalue weighted by Crippen LogP contribution is -2.44. The van der Waals surface area contributed by atoms with Crippen molar-refractivity contribution >= 4 is 5.82 Å². The van der Waals surface area contributed by atoms with Crippen molar-refractivity contribution in [1.29, 1.82) is 0 Å². The third-order valence-corrected chi connectivity index (χ3v) is 3.24. The van der Waals surface area contributed by atoms with Crippen LogP contribution in [0.4, 0.5) is 5.82 Å². The monoisotopic (exact) mass is 287 g/mol. The second-order valence-electron chi connectivity index (χ2n) is 4.64. The zero-order valence-electron chi connectivity index (χ0n) is 10.5. The number of aromatic nitrogens is 2. The predicted molar refractivity (Wildman–Crippen MR) is 66.5 cm³/mol. The van der Waals surface area contributed by atoms with Crippen LogP contribution in [0.3, 0.4) is 0 Å². The molecular formula is C11H17N3O6. The summed E-state index contributed by atoms with van der Waals surface area (Å²) in [5.74, 6) is 0.0409. The molecule has 0 amide bonds. The van der Waals surface area contributed by atoms with Gasteiger partial charge in [-0.3, -0.25) is 4.57 Å². The molecule has 1 aliphatic heterocycles. The van der Waals surface area contributed by atoms with Crippen molar-refractivity contribution in [3.05, 3.63) is 22.7 Å². The van der Waals surface area contributed by atoms with Crippen LogP contribution in [0.2, 0.25) is 0 Å². The van der Waals surface area contributed by atoms with Crippen LogP contribution in [-0.4, -0.2) is 61.0 Å². The predicted octanol–water partition coefficient (Wildman–Crippen LogP) is -2.81. The highest BCUT2D eigenvalue weighted by molar-refractivity contribution is 5.23. The summed E-state index contributed by atoms with van der Waals surface area (Å²) in [7, 11) is 0. The van der Waals surface area contributed by atoms with Crippen molar-refractivity contribution < 1.29 is 25.2 Å². The van der Waals surface area contributed by atoms with Crippen LogP contribution >= 0.6 is 0 Å². The van der Waals surface area contributed by atoms with Crippen LogP contribution in [-0.2, 0) is 4.74 Å². The van der Waals surface area contributed by atoms with Gasteiger partial charge in [0.2, 0.25) is 0 Å². The van der Waals surface area contributed by atoms with E-state index in [1.807, 2.05) is 0 Å². The summed E-state index contributed by atoms with van der Waals surface area (Å²) in [6.45, 7) is -0.571. The maximum atomic E-state index is 11.7. The number of nitrogen functional groups attached to an aromatic ring is 1. The Morgan fingerprint density at radius 1 is 1.40 bits per heavy atom. The van der Waals surface area contributed by atoms with Gasteiger partial charge >= 0.3 is 5.69 Å². The Kier molecular flexibility index (Phi) is 4.35. The molecule has 20 heavy (non-hydrogen) atoms. The minimum absolute atomic E-state index is 0.0409. The molecule has 9 nitrogen and oxygen atoms in total. The van der Waals surface area contributed by atoms with Gasteiger partial charge in [0, 0.05) is 12.6 Å². The van der Waals surface area contributed by atoms with E-state index in [4.69, 9.17) is 15.6 Å². The molecule has 112 valence electrons. The van der Waals surface area contributed by atoms with E-state index in [0.717, 1.165) is 4.57 Å². The number of nitrogens with zero attached hydrogens (tertiary/aromatic N) is 2. The summed E-state index contributed by atoms with van der Waals surface area (Å²) in [6, 6.07) is 1.38. The maximum Gasteiger partial charge on any atom is 0.351 e.